The summed E-state index contributed by atoms with van der Waals surface area (Å²) in [7, 11) is 0. The van der Waals surface area contributed by atoms with Gasteiger partial charge >= 0.3 is 14.5 Å². The molecular formula is C15H33AlO. The molecule has 0 saturated heterocycles. The van der Waals surface area contributed by atoms with Crippen molar-refractivity contribution < 1.29 is 3.79 Å². The van der Waals surface area contributed by atoms with Crippen molar-refractivity contribution in [2.45, 2.75) is 65.5 Å². The highest BCUT2D eigenvalue weighted by Gasteiger charge is 2.23. The van der Waals surface area contributed by atoms with Crippen LogP contribution in [0.1, 0.15) is 54.9 Å². The van der Waals surface area contributed by atoms with Crippen LogP contribution in [-0.2, 0) is 3.79 Å². The molecule has 0 fully saturated rings. The van der Waals surface area contributed by atoms with Gasteiger partial charge in [-0.25, -0.2) is 0 Å². The van der Waals surface area contributed by atoms with Crippen LogP contribution in [0.4, 0.5) is 0 Å². The first-order valence-corrected chi connectivity index (χ1v) is 9.53. The molecule has 0 aliphatic heterocycles. The third-order valence-corrected chi connectivity index (χ3v) is 6.56. The van der Waals surface area contributed by atoms with Crippen LogP contribution in [0.2, 0.25) is 10.6 Å². The molecule has 1 nitrogen and oxygen atoms in total. The van der Waals surface area contributed by atoms with Gasteiger partial charge in [0.2, 0.25) is 0 Å². The van der Waals surface area contributed by atoms with Crippen molar-refractivity contribution in [2.75, 3.05) is 6.61 Å². The molecule has 17 heavy (non-hydrogen) atoms. The average Bonchev–Trinajstić information content (AvgIpc) is 2.11. The molecule has 0 aromatic carbocycles. The van der Waals surface area contributed by atoms with Gasteiger partial charge in [0.1, 0.15) is 0 Å². The summed E-state index contributed by atoms with van der Waals surface area (Å²) in [4.78, 5) is 0. The monoisotopic (exact) mass is 256 g/mol. The third-order valence-electron chi connectivity index (χ3n) is 2.96. The van der Waals surface area contributed by atoms with Gasteiger partial charge < -0.3 is 3.79 Å². The Labute approximate surface area is 114 Å². The van der Waals surface area contributed by atoms with E-state index in [-0.39, 0.29) is 0 Å². The second-order valence-corrected chi connectivity index (χ2v) is 9.47. The Morgan fingerprint density at radius 1 is 0.765 bits per heavy atom. The molecule has 0 radical (unpaired) electrons. The fraction of sp³-hybridized carbons (Fsp3) is 1.00. The second kappa shape index (κ2) is 9.43. The highest BCUT2D eigenvalue weighted by molar-refractivity contribution is 6.51. The Balaban J connectivity index is 3.97. The summed E-state index contributed by atoms with van der Waals surface area (Å²) in [5, 5.41) is 2.68. The van der Waals surface area contributed by atoms with Gasteiger partial charge in [-0.15, -0.1) is 0 Å². The smallest absolute Gasteiger partial charge is 0.461 e. The van der Waals surface area contributed by atoms with E-state index in [0.717, 1.165) is 30.3 Å². The van der Waals surface area contributed by atoms with E-state index >= 15 is 0 Å². The van der Waals surface area contributed by atoms with E-state index in [2.05, 4.69) is 48.5 Å². The molecule has 0 amide bonds. The first-order valence-electron chi connectivity index (χ1n) is 7.42. The van der Waals surface area contributed by atoms with E-state index < -0.39 is 14.5 Å². The fourth-order valence-corrected chi connectivity index (χ4v) is 5.63. The minimum atomic E-state index is -0.951. The van der Waals surface area contributed by atoms with Crippen LogP contribution in [0.3, 0.4) is 0 Å². The molecule has 0 N–H and O–H groups in total. The first kappa shape index (κ1) is 17.5. The van der Waals surface area contributed by atoms with Crippen molar-refractivity contribution in [1.82, 2.24) is 0 Å². The first-order chi connectivity index (χ1) is 7.81. The van der Waals surface area contributed by atoms with Gasteiger partial charge in [0.25, 0.3) is 0 Å². The van der Waals surface area contributed by atoms with E-state index in [1.165, 1.54) is 17.0 Å². The molecule has 0 bridgehead atoms. The zero-order valence-electron chi connectivity index (χ0n) is 13.1. The fourth-order valence-electron chi connectivity index (χ4n) is 2.46. The van der Waals surface area contributed by atoms with Crippen LogP contribution in [0.25, 0.3) is 0 Å². The standard InChI is InChI=1S/C7H15O.2C4H9.Al/c1-6(2)4-7(3)5-8;2*1-4(2)3;/h6-7H,4-5H2,1-3H3;2*4H,1H2,2-3H3;/q-1;;;+1. The average molecular weight is 256 g/mol. The van der Waals surface area contributed by atoms with Crippen LogP contribution < -0.4 is 0 Å². The molecule has 2 heteroatoms. The molecule has 0 heterocycles. The van der Waals surface area contributed by atoms with Crippen molar-refractivity contribution in [3.63, 3.8) is 0 Å². The molecular weight excluding hydrogens is 223 g/mol. The van der Waals surface area contributed by atoms with Gasteiger partial charge in [-0.2, -0.15) is 0 Å². The van der Waals surface area contributed by atoms with Crippen LogP contribution in [-0.4, -0.2) is 21.1 Å². The predicted octanol–water partition coefficient (Wildman–Crippen LogP) is 4.99. The zero-order valence-corrected chi connectivity index (χ0v) is 14.3. The Morgan fingerprint density at radius 2 is 1.24 bits per heavy atom. The molecule has 0 rings (SSSR count). The minimum Gasteiger partial charge on any atom is -0.500 e. The Hall–Kier alpha value is 0.492. The normalized spacial score (nSPS) is 13.8. The summed E-state index contributed by atoms with van der Waals surface area (Å²) in [6.45, 7) is 17.2. The van der Waals surface area contributed by atoms with E-state index in [1.807, 2.05) is 0 Å². The lowest BCUT2D eigenvalue weighted by atomic mass is 10.0. The summed E-state index contributed by atoms with van der Waals surface area (Å²) in [5.74, 6) is 3.12. The van der Waals surface area contributed by atoms with E-state index in [9.17, 15) is 0 Å². The summed E-state index contributed by atoms with van der Waals surface area (Å²) in [5.41, 5.74) is 0. The number of rotatable bonds is 9. The molecule has 0 aromatic rings. The van der Waals surface area contributed by atoms with Crippen molar-refractivity contribution >= 4 is 14.5 Å². The van der Waals surface area contributed by atoms with Gasteiger partial charge in [-0.05, 0) is 18.3 Å². The van der Waals surface area contributed by atoms with Crippen LogP contribution in [0.15, 0.2) is 0 Å². The Bertz CT molecular complexity index is 168. The quantitative estimate of drug-likeness (QED) is 0.528. The van der Waals surface area contributed by atoms with Gasteiger partial charge in [0, 0.05) is 6.61 Å². The number of hydrogen-bond acceptors (Lipinski definition) is 1. The Kier molecular flexibility index (Phi) is 9.70. The van der Waals surface area contributed by atoms with Gasteiger partial charge in [0.05, 0.1) is 0 Å². The Morgan fingerprint density at radius 3 is 1.59 bits per heavy atom. The van der Waals surface area contributed by atoms with Crippen molar-refractivity contribution in [2.24, 2.45) is 23.7 Å². The van der Waals surface area contributed by atoms with Crippen LogP contribution >= 0.6 is 0 Å². The molecule has 0 aliphatic carbocycles. The van der Waals surface area contributed by atoms with Gasteiger partial charge in [-0.1, -0.05) is 70.9 Å². The zero-order chi connectivity index (χ0) is 13.4. The van der Waals surface area contributed by atoms with E-state index in [1.54, 1.807) is 0 Å². The highest BCUT2D eigenvalue weighted by Crippen LogP contribution is 2.18. The molecule has 0 aliphatic rings. The maximum atomic E-state index is 6.27. The summed E-state index contributed by atoms with van der Waals surface area (Å²) < 4.78 is 6.27. The summed E-state index contributed by atoms with van der Waals surface area (Å²) in [6, 6.07) is 0. The molecule has 0 aromatic heterocycles. The van der Waals surface area contributed by atoms with E-state index in [4.69, 9.17) is 3.79 Å². The summed E-state index contributed by atoms with van der Waals surface area (Å²) in [6.07, 6.45) is 1.30. The molecule has 1 unspecified atom stereocenters. The molecule has 1 atom stereocenters. The van der Waals surface area contributed by atoms with Crippen LogP contribution in [0.5, 0.6) is 0 Å². The minimum absolute atomic E-state index is 0.726. The maximum absolute atomic E-state index is 6.27. The van der Waals surface area contributed by atoms with Crippen molar-refractivity contribution in [3.05, 3.63) is 0 Å². The van der Waals surface area contributed by atoms with Crippen molar-refractivity contribution in [1.29, 1.82) is 0 Å². The summed E-state index contributed by atoms with van der Waals surface area (Å²) >= 11 is -0.951. The molecule has 102 valence electrons. The van der Waals surface area contributed by atoms with Crippen molar-refractivity contribution in [3.8, 4) is 0 Å². The molecule has 0 spiro atoms. The lowest BCUT2D eigenvalue weighted by Gasteiger charge is -2.21. The second-order valence-electron chi connectivity index (χ2n) is 6.95. The van der Waals surface area contributed by atoms with E-state index in [0.29, 0.717) is 0 Å². The predicted molar refractivity (Wildman–Crippen MR) is 79.6 cm³/mol. The van der Waals surface area contributed by atoms with Gasteiger partial charge in [-0.3, -0.25) is 0 Å². The highest BCUT2D eigenvalue weighted by atomic mass is 27.2. The third kappa shape index (κ3) is 11.3. The van der Waals surface area contributed by atoms with Gasteiger partial charge in [0.15, 0.2) is 0 Å². The topological polar surface area (TPSA) is 9.23 Å². The molecule has 0 saturated carbocycles. The number of hydrogen-bond donors (Lipinski definition) is 0. The lowest BCUT2D eigenvalue weighted by Crippen LogP contribution is -2.25. The van der Waals surface area contributed by atoms with Crippen LogP contribution in [0, 0.1) is 23.7 Å². The SMILES string of the molecule is CC(C)CC(C)C[O][Al]([CH2]C(C)C)[CH2]C(C)C. The maximum Gasteiger partial charge on any atom is 0.461 e. The largest absolute Gasteiger partial charge is 0.500 e. The lowest BCUT2D eigenvalue weighted by molar-refractivity contribution is 0.234.